The quantitative estimate of drug-likeness (QED) is 0.131. The molecule has 3 unspecified atom stereocenters. The second kappa shape index (κ2) is 20.4. The van der Waals surface area contributed by atoms with Gasteiger partial charge in [-0.25, -0.2) is 0 Å². The van der Waals surface area contributed by atoms with Gasteiger partial charge in [0.25, 0.3) is 0 Å². The molecule has 1 saturated heterocycles. The average Bonchev–Trinajstić information content (AvgIpc) is 3.71. The van der Waals surface area contributed by atoms with Crippen LogP contribution in [0.3, 0.4) is 0 Å². The monoisotopic (exact) mass is 620 g/mol. The second-order valence-corrected chi connectivity index (χ2v) is 11.0. The van der Waals surface area contributed by atoms with Gasteiger partial charge in [0.2, 0.25) is 12.3 Å². The Kier molecular flexibility index (Phi) is 16.6. The lowest BCUT2D eigenvalue weighted by Gasteiger charge is -2.21. The third-order valence-corrected chi connectivity index (χ3v) is 7.57. The summed E-state index contributed by atoms with van der Waals surface area (Å²) in [7, 11) is 1.60. The summed E-state index contributed by atoms with van der Waals surface area (Å²) in [5.41, 5.74) is 5.99. The van der Waals surface area contributed by atoms with Gasteiger partial charge in [-0.3, -0.25) is 19.2 Å². The molecule has 3 atom stereocenters. The van der Waals surface area contributed by atoms with E-state index in [0.29, 0.717) is 23.9 Å². The van der Waals surface area contributed by atoms with Gasteiger partial charge in [0, 0.05) is 42.0 Å². The molecule has 2 heterocycles. The molecule has 244 valence electrons. The van der Waals surface area contributed by atoms with E-state index in [2.05, 4.69) is 42.0 Å². The highest BCUT2D eigenvalue weighted by Gasteiger charge is 2.40. The van der Waals surface area contributed by atoms with Crippen LogP contribution < -0.4 is 21.2 Å². The number of aromatic nitrogens is 1. The van der Waals surface area contributed by atoms with Crippen molar-refractivity contribution in [2.24, 2.45) is 17.6 Å². The van der Waals surface area contributed by atoms with Crippen molar-refractivity contribution in [2.45, 2.75) is 64.8 Å². The zero-order valence-corrected chi connectivity index (χ0v) is 26.6. The molecule has 10 heteroatoms. The maximum atomic E-state index is 11.9. The van der Waals surface area contributed by atoms with E-state index in [9.17, 15) is 14.4 Å². The standard InChI is InChI=1S/C13H18N2O.C11H18O2.C10H9NO2.CH3NO/c1-11-6-5-9-15(11)13(16)10-14-12-7-3-2-4-8-12;1-2-3-4-5-6-7-9-8-10(9)11(12)13;1-13-7-2-3-8-9(6-7)11-5-4-10(8)12;2-1-3/h2-4,7-8,11,14H,5-6,9-10H2,1H3;6-7,9-10H,2-5,8H2,1H3,(H,12,13);2-6H,1H3,(H,11,12);1H,(H2,2,3)/b;7-6-;;. The number of primary amides is 1. The van der Waals surface area contributed by atoms with Crippen molar-refractivity contribution in [2.75, 3.05) is 25.5 Å². The Labute approximate surface area is 265 Å². The maximum Gasteiger partial charge on any atom is 0.307 e. The number of carbonyl (C=O) groups is 3. The molecule has 45 heavy (non-hydrogen) atoms. The molecule has 1 aliphatic heterocycles. The van der Waals surface area contributed by atoms with Crippen molar-refractivity contribution in [3.05, 3.63) is 83.2 Å². The topological polar surface area (TPSA) is 155 Å². The summed E-state index contributed by atoms with van der Waals surface area (Å²) < 4.78 is 5.04. The van der Waals surface area contributed by atoms with Crippen LogP contribution in [-0.4, -0.2) is 59.5 Å². The number of likely N-dealkylation sites (tertiary alicyclic amines) is 1. The van der Waals surface area contributed by atoms with Crippen molar-refractivity contribution in [1.82, 2.24) is 9.88 Å². The fourth-order valence-corrected chi connectivity index (χ4v) is 4.92. The molecule has 2 aliphatic rings. The number of pyridine rings is 1. The van der Waals surface area contributed by atoms with Gasteiger partial charge in [-0.2, -0.15) is 0 Å². The number of ether oxygens (including phenoxy) is 1. The molecule has 3 aromatic rings. The van der Waals surface area contributed by atoms with Crippen LogP contribution in [0.2, 0.25) is 0 Å². The van der Waals surface area contributed by atoms with E-state index in [0.717, 1.165) is 49.2 Å². The van der Waals surface area contributed by atoms with Gasteiger partial charge in [-0.05, 0) is 69.2 Å². The van der Waals surface area contributed by atoms with Gasteiger partial charge in [0.1, 0.15) is 5.75 Å². The van der Waals surface area contributed by atoms with Gasteiger partial charge in [0.15, 0.2) is 5.43 Å². The van der Waals surface area contributed by atoms with E-state index < -0.39 is 5.97 Å². The molecule has 5 rings (SSSR count). The number of fused-ring (bicyclic) bond motifs is 1. The highest BCUT2D eigenvalue weighted by molar-refractivity contribution is 5.81. The lowest BCUT2D eigenvalue weighted by molar-refractivity contribution is -0.138. The molecule has 0 spiro atoms. The van der Waals surface area contributed by atoms with Crippen LogP contribution >= 0.6 is 0 Å². The minimum Gasteiger partial charge on any atom is -0.497 e. The van der Waals surface area contributed by atoms with Crippen molar-refractivity contribution < 1.29 is 24.2 Å². The number of aromatic amines is 1. The third-order valence-electron chi connectivity index (χ3n) is 7.57. The summed E-state index contributed by atoms with van der Waals surface area (Å²) in [5, 5.41) is 12.5. The van der Waals surface area contributed by atoms with E-state index in [4.69, 9.17) is 14.6 Å². The number of methoxy groups -OCH3 is 1. The zero-order valence-electron chi connectivity index (χ0n) is 26.6. The summed E-state index contributed by atoms with van der Waals surface area (Å²) in [5.74, 6) is 0.563. The fourth-order valence-electron chi connectivity index (χ4n) is 4.92. The number of carbonyl (C=O) groups excluding carboxylic acids is 2. The van der Waals surface area contributed by atoms with Gasteiger partial charge < -0.3 is 30.8 Å². The maximum absolute atomic E-state index is 11.9. The summed E-state index contributed by atoms with van der Waals surface area (Å²) in [4.78, 5) is 47.2. The number of rotatable bonds is 10. The molecule has 1 aliphatic carbocycles. The Morgan fingerprint density at radius 2 is 1.89 bits per heavy atom. The summed E-state index contributed by atoms with van der Waals surface area (Å²) >= 11 is 0. The van der Waals surface area contributed by atoms with Crippen LogP contribution in [0.5, 0.6) is 5.75 Å². The number of hydrogen-bond acceptors (Lipinski definition) is 6. The Morgan fingerprint density at radius 1 is 1.16 bits per heavy atom. The number of carboxylic acids is 1. The smallest absolute Gasteiger partial charge is 0.307 e. The first kappa shape index (κ1) is 36.6. The molecule has 0 radical (unpaired) electrons. The number of anilines is 1. The largest absolute Gasteiger partial charge is 0.497 e. The van der Waals surface area contributed by atoms with E-state index in [1.54, 1.807) is 31.5 Å². The van der Waals surface area contributed by atoms with Crippen molar-refractivity contribution in [1.29, 1.82) is 0 Å². The number of unbranched alkanes of at least 4 members (excludes halogenated alkanes) is 3. The summed E-state index contributed by atoms with van der Waals surface area (Å²) in [6, 6.07) is 17.1. The fraction of sp³-hybridized carbons (Fsp3) is 0.429. The number of para-hydroxylation sites is 1. The molecule has 2 aromatic carbocycles. The minimum atomic E-state index is -0.636. The number of benzene rings is 2. The number of hydrogen-bond donors (Lipinski definition) is 4. The van der Waals surface area contributed by atoms with Crippen molar-refractivity contribution in [3.63, 3.8) is 0 Å². The number of aliphatic carboxylic acids is 1. The van der Waals surface area contributed by atoms with Gasteiger partial charge in [-0.15, -0.1) is 0 Å². The number of H-pyrrole nitrogens is 1. The first-order valence-corrected chi connectivity index (χ1v) is 15.5. The lowest BCUT2D eigenvalue weighted by atomic mass is 10.2. The van der Waals surface area contributed by atoms with E-state index in [-0.39, 0.29) is 23.7 Å². The highest BCUT2D eigenvalue weighted by atomic mass is 16.5. The van der Waals surface area contributed by atoms with Crippen LogP contribution in [0, 0.1) is 11.8 Å². The number of carboxylic acid groups (broad SMARTS) is 1. The minimum absolute atomic E-state index is 0.0244. The highest BCUT2D eigenvalue weighted by Crippen LogP contribution is 2.39. The Morgan fingerprint density at radius 3 is 2.49 bits per heavy atom. The third kappa shape index (κ3) is 13.3. The molecular weight excluding hydrogens is 572 g/mol. The molecular formula is C35H48N4O6. The molecule has 2 amide bonds. The zero-order chi connectivity index (χ0) is 33.0. The first-order chi connectivity index (χ1) is 21.7. The van der Waals surface area contributed by atoms with Gasteiger partial charge in [0.05, 0.1) is 25.1 Å². The Balaban J connectivity index is 0.000000227. The molecule has 5 N–H and O–H groups in total. The van der Waals surface area contributed by atoms with Crippen LogP contribution in [-0.2, 0) is 14.4 Å². The number of amides is 2. The first-order valence-electron chi connectivity index (χ1n) is 15.5. The molecule has 1 saturated carbocycles. The van der Waals surface area contributed by atoms with E-state index >= 15 is 0 Å². The predicted molar refractivity (Wildman–Crippen MR) is 179 cm³/mol. The van der Waals surface area contributed by atoms with Gasteiger partial charge in [-0.1, -0.05) is 50.1 Å². The number of allylic oxidation sites excluding steroid dienone is 2. The van der Waals surface area contributed by atoms with E-state index in [1.807, 2.05) is 35.2 Å². The van der Waals surface area contributed by atoms with Crippen LogP contribution in [0.15, 0.2) is 77.7 Å². The summed E-state index contributed by atoms with van der Waals surface area (Å²) in [6.45, 7) is 5.61. The predicted octanol–water partition coefficient (Wildman–Crippen LogP) is 5.59. The second-order valence-electron chi connectivity index (χ2n) is 11.0. The molecule has 10 nitrogen and oxygen atoms in total. The van der Waals surface area contributed by atoms with Crippen LogP contribution in [0.4, 0.5) is 5.69 Å². The number of nitrogens with two attached hydrogens (primary N) is 1. The normalized spacial score (nSPS) is 17.9. The molecule has 0 bridgehead atoms. The molecule has 2 fully saturated rings. The van der Waals surface area contributed by atoms with E-state index in [1.165, 1.54) is 25.3 Å². The summed E-state index contributed by atoms with van der Waals surface area (Å²) in [6.07, 6.45) is 14.1. The lowest BCUT2D eigenvalue weighted by Crippen LogP contribution is -2.37. The number of nitrogens with zero attached hydrogens (tertiary/aromatic N) is 1. The van der Waals surface area contributed by atoms with Gasteiger partial charge >= 0.3 is 5.97 Å². The SMILES string of the molecule is CC1CCCN1C(=O)CNc1ccccc1.CCCCC/C=C\C1CC1C(=O)O.COc1ccc2c(=O)cc[nH]c2c1.NC=O. The Bertz CT molecular complexity index is 1410. The van der Waals surface area contributed by atoms with Crippen LogP contribution in [0.25, 0.3) is 10.9 Å². The van der Waals surface area contributed by atoms with Crippen LogP contribution in [0.1, 0.15) is 58.8 Å². The van der Waals surface area contributed by atoms with Crippen molar-refractivity contribution >= 4 is 34.9 Å². The molecule has 1 aromatic heterocycles. The Hall–Kier alpha value is -4.60. The number of nitrogens with one attached hydrogen (secondary N) is 2. The van der Waals surface area contributed by atoms with Crippen molar-refractivity contribution in [3.8, 4) is 5.75 Å². The average molecular weight is 621 g/mol.